The monoisotopic (exact) mass is 326 g/mol. The second kappa shape index (κ2) is 7.70. The summed E-state index contributed by atoms with van der Waals surface area (Å²) in [5, 5.41) is 6.58. The number of benzene rings is 1. The fraction of sp³-hybridized carbons (Fsp3) is 0.562. The topological polar surface area (TPSA) is 59.6 Å². The molecule has 22 heavy (non-hydrogen) atoms. The van der Waals surface area contributed by atoms with E-state index in [4.69, 9.17) is 21.1 Å². The zero-order valence-electron chi connectivity index (χ0n) is 13.2. The summed E-state index contributed by atoms with van der Waals surface area (Å²) < 4.78 is 11.0. The molecule has 0 spiro atoms. The number of halogens is 1. The highest BCUT2D eigenvalue weighted by Gasteiger charge is 2.20. The van der Waals surface area contributed by atoms with E-state index in [1.165, 1.54) is 7.11 Å². The van der Waals surface area contributed by atoms with Gasteiger partial charge in [-0.1, -0.05) is 25.4 Å². The Balaban J connectivity index is 2.15. The van der Waals surface area contributed by atoms with Crippen molar-refractivity contribution < 1.29 is 14.3 Å². The Kier molecular flexibility index (Phi) is 5.91. The number of nitrogens with one attached hydrogen (secondary N) is 2. The lowest BCUT2D eigenvalue weighted by molar-refractivity contribution is 0.0939. The molecule has 2 rings (SSSR count). The van der Waals surface area contributed by atoms with Crippen LogP contribution >= 0.6 is 11.6 Å². The lowest BCUT2D eigenvalue weighted by Crippen LogP contribution is -2.36. The molecule has 5 nitrogen and oxygen atoms in total. The maximum absolute atomic E-state index is 12.3. The van der Waals surface area contributed by atoms with Crippen LogP contribution in [0.1, 0.15) is 30.6 Å². The summed E-state index contributed by atoms with van der Waals surface area (Å²) in [6.45, 7) is 6.37. The van der Waals surface area contributed by atoms with E-state index >= 15 is 0 Å². The molecule has 1 aliphatic heterocycles. The maximum atomic E-state index is 12.3. The fourth-order valence-corrected chi connectivity index (χ4v) is 2.55. The Morgan fingerprint density at radius 3 is 2.86 bits per heavy atom. The Morgan fingerprint density at radius 2 is 2.27 bits per heavy atom. The number of rotatable bonds is 6. The Labute approximate surface area is 136 Å². The predicted molar refractivity (Wildman–Crippen MR) is 87.1 cm³/mol. The summed E-state index contributed by atoms with van der Waals surface area (Å²) in [5.74, 6) is 1.18. The predicted octanol–water partition coefficient (Wildman–Crippen LogP) is 2.48. The van der Waals surface area contributed by atoms with Gasteiger partial charge in [0.1, 0.15) is 0 Å². The molecule has 0 aliphatic carbocycles. The first kappa shape index (κ1) is 16.9. The van der Waals surface area contributed by atoms with Crippen LogP contribution in [0.25, 0.3) is 0 Å². The number of amides is 1. The van der Waals surface area contributed by atoms with Crippen molar-refractivity contribution in [2.75, 3.05) is 26.8 Å². The van der Waals surface area contributed by atoms with Gasteiger partial charge in [0, 0.05) is 18.2 Å². The summed E-state index contributed by atoms with van der Waals surface area (Å²) in [5.41, 5.74) is 0.477. The van der Waals surface area contributed by atoms with Gasteiger partial charge in [-0.15, -0.1) is 0 Å². The largest absolute Gasteiger partial charge is 0.493 e. The standard InChI is InChI=1S/C16H23ClN2O3/c1-10(2)9-22-15-13(17)6-11(7-14(15)21-3)16(20)19-12-4-5-18-8-12/h6-7,10,12,18H,4-5,8-9H2,1-3H3,(H,19,20). The molecule has 0 saturated carbocycles. The first-order chi connectivity index (χ1) is 10.5. The molecule has 1 heterocycles. The molecule has 1 unspecified atom stereocenters. The van der Waals surface area contributed by atoms with Crippen LogP contribution in [0.4, 0.5) is 0 Å². The van der Waals surface area contributed by atoms with E-state index in [9.17, 15) is 4.79 Å². The average molecular weight is 327 g/mol. The summed E-state index contributed by atoms with van der Waals surface area (Å²) in [7, 11) is 1.54. The van der Waals surface area contributed by atoms with Gasteiger partial charge in [0.25, 0.3) is 5.91 Å². The normalized spacial score (nSPS) is 17.6. The van der Waals surface area contributed by atoms with E-state index in [1.54, 1.807) is 12.1 Å². The summed E-state index contributed by atoms with van der Waals surface area (Å²) in [6.07, 6.45) is 0.937. The smallest absolute Gasteiger partial charge is 0.251 e. The van der Waals surface area contributed by atoms with Gasteiger partial charge < -0.3 is 20.1 Å². The van der Waals surface area contributed by atoms with Gasteiger partial charge in [0.2, 0.25) is 0 Å². The Bertz CT molecular complexity index is 528. The number of carbonyl (C=O) groups is 1. The van der Waals surface area contributed by atoms with Gasteiger partial charge >= 0.3 is 0 Å². The van der Waals surface area contributed by atoms with Crippen molar-refractivity contribution in [2.45, 2.75) is 26.3 Å². The van der Waals surface area contributed by atoms with Crippen LogP contribution in [-0.4, -0.2) is 38.8 Å². The Hall–Kier alpha value is -1.46. The lowest BCUT2D eigenvalue weighted by Gasteiger charge is -2.16. The second-order valence-electron chi connectivity index (χ2n) is 5.86. The molecule has 0 radical (unpaired) electrons. The first-order valence-corrected chi connectivity index (χ1v) is 7.91. The third-order valence-corrected chi connectivity index (χ3v) is 3.73. The Morgan fingerprint density at radius 1 is 1.50 bits per heavy atom. The van der Waals surface area contributed by atoms with Crippen LogP contribution in [0, 0.1) is 5.92 Å². The van der Waals surface area contributed by atoms with Crippen molar-refractivity contribution in [3.05, 3.63) is 22.7 Å². The maximum Gasteiger partial charge on any atom is 0.251 e. The van der Waals surface area contributed by atoms with E-state index in [2.05, 4.69) is 24.5 Å². The van der Waals surface area contributed by atoms with E-state index in [0.29, 0.717) is 34.6 Å². The average Bonchev–Trinajstić information content (AvgIpc) is 2.97. The van der Waals surface area contributed by atoms with Gasteiger partial charge in [0.05, 0.1) is 18.7 Å². The SMILES string of the molecule is COc1cc(C(=O)NC2CCNC2)cc(Cl)c1OCC(C)C. The number of hydrogen-bond donors (Lipinski definition) is 2. The molecular weight excluding hydrogens is 304 g/mol. The quantitative estimate of drug-likeness (QED) is 0.843. The number of ether oxygens (including phenoxy) is 2. The summed E-state index contributed by atoms with van der Waals surface area (Å²) in [6, 6.07) is 3.45. The van der Waals surface area contributed by atoms with Crippen molar-refractivity contribution in [2.24, 2.45) is 5.92 Å². The van der Waals surface area contributed by atoms with Gasteiger partial charge in [0.15, 0.2) is 11.5 Å². The molecule has 0 aromatic heterocycles. The van der Waals surface area contributed by atoms with Crippen LogP contribution in [0.2, 0.25) is 5.02 Å². The highest BCUT2D eigenvalue weighted by atomic mass is 35.5. The molecule has 122 valence electrons. The van der Waals surface area contributed by atoms with E-state index in [-0.39, 0.29) is 11.9 Å². The van der Waals surface area contributed by atoms with Crippen LogP contribution in [0.15, 0.2) is 12.1 Å². The van der Waals surface area contributed by atoms with Gasteiger partial charge in [-0.05, 0) is 31.0 Å². The van der Waals surface area contributed by atoms with Crippen LogP contribution in [0.3, 0.4) is 0 Å². The molecule has 0 bridgehead atoms. The molecule has 1 atom stereocenters. The molecular formula is C16H23ClN2O3. The minimum atomic E-state index is -0.149. The minimum absolute atomic E-state index is 0.149. The van der Waals surface area contributed by atoms with Crippen molar-refractivity contribution >= 4 is 17.5 Å². The third kappa shape index (κ3) is 4.27. The second-order valence-corrected chi connectivity index (χ2v) is 6.26. The fourth-order valence-electron chi connectivity index (χ4n) is 2.29. The lowest BCUT2D eigenvalue weighted by atomic mass is 10.1. The van der Waals surface area contributed by atoms with Gasteiger partial charge in [-0.2, -0.15) is 0 Å². The number of carbonyl (C=O) groups excluding carboxylic acids is 1. The van der Waals surface area contributed by atoms with Gasteiger partial charge in [-0.3, -0.25) is 4.79 Å². The summed E-state index contributed by atoms with van der Waals surface area (Å²) in [4.78, 5) is 12.3. The van der Waals surface area contributed by atoms with Crippen LogP contribution in [-0.2, 0) is 0 Å². The van der Waals surface area contributed by atoms with E-state index < -0.39 is 0 Å². The van der Waals surface area contributed by atoms with Crippen molar-refractivity contribution in [3.63, 3.8) is 0 Å². The van der Waals surface area contributed by atoms with Crippen molar-refractivity contribution in [1.29, 1.82) is 0 Å². The zero-order valence-corrected chi connectivity index (χ0v) is 14.0. The number of methoxy groups -OCH3 is 1. The van der Waals surface area contributed by atoms with Crippen LogP contribution < -0.4 is 20.1 Å². The molecule has 1 saturated heterocycles. The molecule has 1 aliphatic rings. The summed E-state index contributed by atoms with van der Waals surface area (Å²) >= 11 is 6.26. The van der Waals surface area contributed by atoms with Crippen molar-refractivity contribution in [1.82, 2.24) is 10.6 Å². The molecule has 1 aromatic carbocycles. The third-order valence-electron chi connectivity index (χ3n) is 3.45. The van der Waals surface area contributed by atoms with E-state index in [1.807, 2.05) is 0 Å². The molecule has 2 N–H and O–H groups in total. The minimum Gasteiger partial charge on any atom is -0.493 e. The highest BCUT2D eigenvalue weighted by Crippen LogP contribution is 2.36. The zero-order chi connectivity index (χ0) is 16.1. The number of hydrogen-bond acceptors (Lipinski definition) is 4. The van der Waals surface area contributed by atoms with Gasteiger partial charge in [-0.25, -0.2) is 0 Å². The molecule has 1 aromatic rings. The molecule has 6 heteroatoms. The highest BCUT2D eigenvalue weighted by molar-refractivity contribution is 6.32. The molecule has 1 amide bonds. The van der Waals surface area contributed by atoms with Crippen LogP contribution in [0.5, 0.6) is 11.5 Å². The van der Waals surface area contributed by atoms with Crippen molar-refractivity contribution in [3.8, 4) is 11.5 Å². The molecule has 1 fully saturated rings. The first-order valence-electron chi connectivity index (χ1n) is 7.53. The van der Waals surface area contributed by atoms with E-state index in [0.717, 1.165) is 19.5 Å².